The summed E-state index contributed by atoms with van der Waals surface area (Å²) in [5.41, 5.74) is 2.23. The van der Waals surface area contributed by atoms with E-state index in [2.05, 4.69) is 10.4 Å². The van der Waals surface area contributed by atoms with Gasteiger partial charge in [-0.1, -0.05) is 18.5 Å². The van der Waals surface area contributed by atoms with Crippen LogP contribution in [0.4, 0.5) is 5.69 Å². The lowest BCUT2D eigenvalue weighted by atomic mass is 10.2. The van der Waals surface area contributed by atoms with Gasteiger partial charge in [0.25, 0.3) is 5.91 Å². The Kier molecular flexibility index (Phi) is 7.01. The van der Waals surface area contributed by atoms with Gasteiger partial charge in [-0.2, -0.15) is 5.10 Å². The zero-order valence-corrected chi connectivity index (χ0v) is 17.6. The summed E-state index contributed by atoms with van der Waals surface area (Å²) in [5, 5.41) is 7.89. The summed E-state index contributed by atoms with van der Waals surface area (Å²) in [6, 6.07) is 12.4. The number of hydrogen-bond acceptors (Lipinski definition) is 4. The van der Waals surface area contributed by atoms with Crippen molar-refractivity contribution in [2.45, 2.75) is 19.2 Å². The molecule has 0 saturated carbocycles. The molecule has 3 rings (SSSR count). The van der Waals surface area contributed by atoms with Crippen LogP contribution in [0.2, 0.25) is 5.02 Å². The highest BCUT2D eigenvalue weighted by Crippen LogP contribution is 2.30. The number of halogens is 2. The lowest BCUT2D eigenvalue weighted by Crippen LogP contribution is -2.13. The van der Waals surface area contributed by atoms with Crippen molar-refractivity contribution in [2.24, 2.45) is 0 Å². The fourth-order valence-electron chi connectivity index (χ4n) is 2.70. The molecule has 0 aliphatic heterocycles. The molecule has 29 heavy (non-hydrogen) atoms. The summed E-state index contributed by atoms with van der Waals surface area (Å²) < 4.78 is 12.6. The number of amides is 1. The number of carbonyl (C=O) groups is 1. The number of rotatable bonds is 8. The summed E-state index contributed by atoms with van der Waals surface area (Å²) in [6.07, 6.45) is 2.53. The third-order valence-electron chi connectivity index (χ3n) is 4.14. The van der Waals surface area contributed by atoms with Crippen LogP contribution in [0.1, 0.15) is 29.4 Å². The van der Waals surface area contributed by atoms with E-state index in [1.165, 1.54) is 0 Å². The third kappa shape index (κ3) is 5.02. The van der Waals surface area contributed by atoms with E-state index in [4.69, 9.17) is 32.7 Å². The van der Waals surface area contributed by atoms with Crippen molar-refractivity contribution in [2.75, 3.05) is 19.0 Å². The summed E-state index contributed by atoms with van der Waals surface area (Å²) >= 11 is 11.9. The van der Waals surface area contributed by atoms with E-state index in [1.807, 2.05) is 19.1 Å². The molecule has 0 radical (unpaired) electrons. The molecule has 6 nitrogen and oxygen atoms in total. The van der Waals surface area contributed by atoms with Gasteiger partial charge < -0.3 is 14.8 Å². The van der Waals surface area contributed by atoms with Gasteiger partial charge in [-0.25, -0.2) is 4.68 Å². The number of nitrogens with zero attached hydrogens (tertiary/aromatic N) is 2. The maximum atomic E-state index is 12.8. The number of carbonyl (C=O) groups excluding carboxylic acids is 1. The summed E-state index contributed by atoms with van der Waals surface area (Å²) in [4.78, 5) is 12.8. The zero-order valence-electron chi connectivity index (χ0n) is 16.1. The summed E-state index contributed by atoms with van der Waals surface area (Å²) in [7, 11) is 1.56. The van der Waals surface area contributed by atoms with Gasteiger partial charge >= 0.3 is 0 Å². The lowest BCUT2D eigenvalue weighted by molar-refractivity contribution is 0.102. The predicted molar refractivity (Wildman–Crippen MR) is 115 cm³/mol. The molecule has 152 valence electrons. The average molecular weight is 434 g/mol. The summed E-state index contributed by atoms with van der Waals surface area (Å²) in [6.45, 7) is 2.62. The quantitative estimate of drug-likeness (QED) is 0.488. The molecule has 3 aromatic rings. The van der Waals surface area contributed by atoms with Crippen LogP contribution in [0.3, 0.4) is 0 Å². The largest absolute Gasteiger partial charge is 0.493 e. The van der Waals surface area contributed by atoms with Gasteiger partial charge in [-0.15, -0.1) is 11.6 Å². The molecule has 8 heteroatoms. The van der Waals surface area contributed by atoms with Crippen molar-refractivity contribution in [3.63, 3.8) is 0 Å². The first-order valence-corrected chi connectivity index (χ1v) is 9.99. The molecular formula is C21H21Cl2N3O3. The van der Waals surface area contributed by atoms with Gasteiger partial charge in [0.1, 0.15) is 0 Å². The van der Waals surface area contributed by atoms with Gasteiger partial charge in [0.15, 0.2) is 11.5 Å². The zero-order chi connectivity index (χ0) is 20.8. The Morgan fingerprint density at radius 1 is 1.17 bits per heavy atom. The minimum Gasteiger partial charge on any atom is -0.493 e. The van der Waals surface area contributed by atoms with E-state index in [1.54, 1.807) is 48.3 Å². The van der Waals surface area contributed by atoms with Crippen molar-refractivity contribution in [3.05, 3.63) is 64.9 Å². The first kappa shape index (κ1) is 21.0. The molecule has 0 bridgehead atoms. The Balaban J connectivity index is 1.82. The fraction of sp³-hybridized carbons (Fsp3) is 0.238. The Bertz CT molecular complexity index is 987. The highest BCUT2D eigenvalue weighted by Gasteiger charge is 2.17. The van der Waals surface area contributed by atoms with Gasteiger partial charge in [-0.05, 0) is 42.8 Å². The van der Waals surface area contributed by atoms with Gasteiger partial charge in [0.2, 0.25) is 0 Å². The number of benzene rings is 2. The molecular weight excluding hydrogens is 413 g/mol. The van der Waals surface area contributed by atoms with Crippen LogP contribution in [0.25, 0.3) is 5.69 Å². The first-order chi connectivity index (χ1) is 14.0. The molecule has 1 aromatic heterocycles. The van der Waals surface area contributed by atoms with Crippen molar-refractivity contribution in [1.82, 2.24) is 9.78 Å². The first-order valence-electron chi connectivity index (χ1n) is 9.08. The second-order valence-corrected chi connectivity index (χ2v) is 6.92. The second kappa shape index (κ2) is 9.67. The van der Waals surface area contributed by atoms with E-state index in [0.717, 1.165) is 12.1 Å². The standard InChI is InChI=1S/C21H21Cl2N3O3/c1-3-10-29-19-9-6-15(11-20(19)28-2)24-21(27)17-13-26(25-18(17)12-22)16-7-4-14(23)5-8-16/h4-9,11,13H,3,10,12H2,1-2H3,(H,24,27). The minimum absolute atomic E-state index is 0.108. The minimum atomic E-state index is -0.315. The molecule has 0 aliphatic rings. The normalized spacial score (nSPS) is 10.6. The topological polar surface area (TPSA) is 65.4 Å². The van der Waals surface area contributed by atoms with Crippen molar-refractivity contribution >= 4 is 34.8 Å². The molecule has 1 amide bonds. The van der Waals surface area contributed by atoms with E-state index in [0.29, 0.717) is 40.1 Å². The Labute approximate surface area is 179 Å². The average Bonchev–Trinajstić information content (AvgIpc) is 3.18. The van der Waals surface area contributed by atoms with E-state index in [9.17, 15) is 4.79 Å². The van der Waals surface area contributed by atoms with Crippen LogP contribution < -0.4 is 14.8 Å². The van der Waals surface area contributed by atoms with Crippen LogP contribution in [0.5, 0.6) is 11.5 Å². The number of alkyl halides is 1. The number of aromatic nitrogens is 2. The van der Waals surface area contributed by atoms with E-state index in [-0.39, 0.29) is 11.8 Å². The van der Waals surface area contributed by atoms with Crippen molar-refractivity contribution in [3.8, 4) is 17.2 Å². The smallest absolute Gasteiger partial charge is 0.259 e. The monoisotopic (exact) mass is 433 g/mol. The number of ether oxygens (including phenoxy) is 2. The van der Waals surface area contributed by atoms with Gasteiger partial charge in [0, 0.05) is 23.0 Å². The van der Waals surface area contributed by atoms with Crippen LogP contribution in [-0.4, -0.2) is 29.4 Å². The van der Waals surface area contributed by atoms with Crippen LogP contribution in [0.15, 0.2) is 48.7 Å². The maximum absolute atomic E-state index is 12.8. The van der Waals surface area contributed by atoms with Crippen LogP contribution in [-0.2, 0) is 5.88 Å². The third-order valence-corrected chi connectivity index (χ3v) is 4.64. The predicted octanol–water partition coefficient (Wildman–Crippen LogP) is 5.31. The van der Waals surface area contributed by atoms with Crippen molar-refractivity contribution < 1.29 is 14.3 Å². The summed E-state index contributed by atoms with van der Waals surface area (Å²) in [5.74, 6) is 0.969. The lowest BCUT2D eigenvalue weighted by Gasteiger charge is -2.12. The molecule has 0 atom stereocenters. The van der Waals surface area contributed by atoms with E-state index < -0.39 is 0 Å². The fourth-order valence-corrected chi connectivity index (χ4v) is 3.02. The van der Waals surface area contributed by atoms with Gasteiger partial charge in [0.05, 0.1) is 36.5 Å². The Morgan fingerprint density at radius 2 is 1.93 bits per heavy atom. The molecule has 0 saturated heterocycles. The molecule has 1 heterocycles. The highest BCUT2D eigenvalue weighted by atomic mass is 35.5. The molecule has 0 unspecified atom stereocenters. The van der Waals surface area contributed by atoms with Gasteiger partial charge in [-0.3, -0.25) is 4.79 Å². The maximum Gasteiger partial charge on any atom is 0.259 e. The highest BCUT2D eigenvalue weighted by molar-refractivity contribution is 6.30. The SMILES string of the molecule is CCCOc1ccc(NC(=O)c2cn(-c3ccc(Cl)cc3)nc2CCl)cc1OC. The van der Waals surface area contributed by atoms with Crippen LogP contribution in [0, 0.1) is 0 Å². The van der Waals surface area contributed by atoms with Crippen molar-refractivity contribution in [1.29, 1.82) is 0 Å². The Morgan fingerprint density at radius 3 is 2.59 bits per heavy atom. The number of anilines is 1. The second-order valence-electron chi connectivity index (χ2n) is 6.21. The number of methoxy groups -OCH3 is 1. The molecule has 0 fully saturated rings. The molecule has 1 N–H and O–H groups in total. The van der Waals surface area contributed by atoms with Crippen LogP contribution >= 0.6 is 23.2 Å². The molecule has 0 spiro atoms. The number of nitrogens with one attached hydrogen (secondary N) is 1. The molecule has 0 aliphatic carbocycles. The number of hydrogen-bond donors (Lipinski definition) is 1. The Hall–Kier alpha value is -2.70. The van der Waals surface area contributed by atoms with E-state index >= 15 is 0 Å². The molecule has 2 aromatic carbocycles.